The van der Waals surface area contributed by atoms with Crippen molar-refractivity contribution in [1.82, 2.24) is 20.1 Å². The van der Waals surface area contributed by atoms with E-state index in [0.29, 0.717) is 0 Å². The summed E-state index contributed by atoms with van der Waals surface area (Å²) < 4.78 is 1.77. The van der Waals surface area contributed by atoms with Crippen LogP contribution >= 0.6 is 11.3 Å². The third-order valence-corrected chi connectivity index (χ3v) is 4.15. The second-order valence-electron chi connectivity index (χ2n) is 4.60. The zero-order valence-electron chi connectivity index (χ0n) is 11.3. The molecule has 0 atom stereocenters. The van der Waals surface area contributed by atoms with Gasteiger partial charge in [0.15, 0.2) is 5.82 Å². The SMILES string of the molecule is Cc1ccsc1CNCc1ccnc(-n2cccn2)c1. The van der Waals surface area contributed by atoms with Crippen molar-refractivity contribution in [3.63, 3.8) is 0 Å². The minimum Gasteiger partial charge on any atom is -0.308 e. The fourth-order valence-corrected chi connectivity index (χ4v) is 2.88. The summed E-state index contributed by atoms with van der Waals surface area (Å²) in [5, 5.41) is 9.80. The highest BCUT2D eigenvalue weighted by Gasteiger charge is 2.02. The summed E-state index contributed by atoms with van der Waals surface area (Å²) in [6, 6.07) is 8.14. The molecule has 1 N–H and O–H groups in total. The van der Waals surface area contributed by atoms with E-state index in [2.05, 4.69) is 39.8 Å². The maximum Gasteiger partial charge on any atom is 0.153 e. The molecule has 0 aliphatic heterocycles. The number of rotatable bonds is 5. The number of aryl methyl sites for hydroxylation is 1. The van der Waals surface area contributed by atoms with E-state index in [-0.39, 0.29) is 0 Å². The molecule has 3 heterocycles. The molecule has 0 saturated heterocycles. The maximum absolute atomic E-state index is 4.33. The summed E-state index contributed by atoms with van der Waals surface area (Å²) in [4.78, 5) is 5.72. The molecule has 102 valence electrons. The highest BCUT2D eigenvalue weighted by atomic mass is 32.1. The van der Waals surface area contributed by atoms with Crippen LogP contribution in [-0.4, -0.2) is 14.8 Å². The molecule has 0 radical (unpaired) electrons. The van der Waals surface area contributed by atoms with Crippen molar-refractivity contribution in [3.8, 4) is 5.82 Å². The number of hydrogen-bond donors (Lipinski definition) is 1. The van der Waals surface area contributed by atoms with E-state index in [4.69, 9.17) is 0 Å². The monoisotopic (exact) mass is 284 g/mol. The van der Waals surface area contributed by atoms with Gasteiger partial charge >= 0.3 is 0 Å². The van der Waals surface area contributed by atoms with Gasteiger partial charge in [-0.15, -0.1) is 11.3 Å². The number of nitrogens with zero attached hydrogens (tertiary/aromatic N) is 3. The summed E-state index contributed by atoms with van der Waals surface area (Å²) in [6.45, 7) is 3.88. The molecule has 0 unspecified atom stereocenters. The van der Waals surface area contributed by atoms with E-state index in [1.165, 1.54) is 16.0 Å². The maximum atomic E-state index is 4.33. The Morgan fingerprint density at radius 2 is 2.20 bits per heavy atom. The Hall–Kier alpha value is -1.98. The van der Waals surface area contributed by atoms with E-state index in [0.717, 1.165) is 18.9 Å². The Kier molecular flexibility index (Phi) is 3.90. The Morgan fingerprint density at radius 3 is 2.95 bits per heavy atom. The predicted octanol–water partition coefficient (Wildman–Crippen LogP) is 2.93. The third kappa shape index (κ3) is 2.95. The molecule has 0 aliphatic rings. The second-order valence-corrected chi connectivity index (χ2v) is 5.60. The lowest BCUT2D eigenvalue weighted by atomic mass is 10.2. The van der Waals surface area contributed by atoms with Crippen LogP contribution in [0.2, 0.25) is 0 Å². The molecule has 0 spiro atoms. The van der Waals surface area contributed by atoms with Crippen LogP contribution in [0.1, 0.15) is 16.0 Å². The highest BCUT2D eigenvalue weighted by Crippen LogP contribution is 2.15. The van der Waals surface area contributed by atoms with Gasteiger partial charge in [-0.1, -0.05) is 0 Å². The first-order valence-electron chi connectivity index (χ1n) is 6.51. The first-order valence-corrected chi connectivity index (χ1v) is 7.39. The Labute approximate surface area is 122 Å². The Balaban J connectivity index is 1.63. The van der Waals surface area contributed by atoms with Crippen molar-refractivity contribution in [2.24, 2.45) is 0 Å². The predicted molar refractivity (Wildman–Crippen MR) is 81.0 cm³/mol. The lowest BCUT2D eigenvalue weighted by molar-refractivity contribution is 0.696. The van der Waals surface area contributed by atoms with Crippen LogP contribution in [0.25, 0.3) is 5.82 Å². The smallest absolute Gasteiger partial charge is 0.153 e. The third-order valence-electron chi connectivity index (χ3n) is 3.13. The summed E-state index contributed by atoms with van der Waals surface area (Å²) in [6.07, 6.45) is 5.48. The number of hydrogen-bond acceptors (Lipinski definition) is 4. The van der Waals surface area contributed by atoms with Crippen molar-refractivity contribution in [3.05, 3.63) is 64.2 Å². The summed E-state index contributed by atoms with van der Waals surface area (Å²) in [5.41, 5.74) is 2.56. The molecule has 0 aliphatic carbocycles. The quantitative estimate of drug-likeness (QED) is 0.783. The lowest BCUT2D eigenvalue weighted by Gasteiger charge is -2.06. The number of aromatic nitrogens is 3. The molecule has 0 amide bonds. The average Bonchev–Trinajstić information content (AvgIpc) is 3.12. The molecule has 5 heteroatoms. The van der Waals surface area contributed by atoms with Gasteiger partial charge in [-0.2, -0.15) is 5.10 Å². The van der Waals surface area contributed by atoms with Crippen molar-refractivity contribution in [2.75, 3.05) is 0 Å². The topological polar surface area (TPSA) is 42.7 Å². The van der Waals surface area contributed by atoms with E-state index >= 15 is 0 Å². The summed E-state index contributed by atoms with van der Waals surface area (Å²) in [5.74, 6) is 0.849. The van der Waals surface area contributed by atoms with Gasteiger partial charge in [-0.25, -0.2) is 9.67 Å². The normalized spacial score (nSPS) is 10.8. The molecule has 3 aromatic rings. The lowest BCUT2D eigenvalue weighted by Crippen LogP contribution is -2.13. The largest absolute Gasteiger partial charge is 0.308 e. The van der Waals surface area contributed by atoms with Crippen molar-refractivity contribution in [1.29, 1.82) is 0 Å². The molecular weight excluding hydrogens is 268 g/mol. The van der Waals surface area contributed by atoms with Gasteiger partial charge in [0, 0.05) is 36.6 Å². The molecule has 0 fully saturated rings. The average molecular weight is 284 g/mol. The van der Waals surface area contributed by atoms with Crippen LogP contribution in [0.15, 0.2) is 48.2 Å². The van der Waals surface area contributed by atoms with E-state index in [9.17, 15) is 0 Å². The first-order chi connectivity index (χ1) is 9.83. The van der Waals surface area contributed by atoms with Gasteiger partial charge < -0.3 is 5.32 Å². The van der Waals surface area contributed by atoms with Crippen LogP contribution in [0, 0.1) is 6.92 Å². The van der Waals surface area contributed by atoms with Gasteiger partial charge in [0.1, 0.15) is 0 Å². The van der Waals surface area contributed by atoms with Gasteiger partial charge in [-0.3, -0.25) is 0 Å². The Morgan fingerprint density at radius 1 is 1.25 bits per heavy atom. The first kappa shape index (κ1) is 13.0. The molecule has 3 rings (SSSR count). The zero-order valence-corrected chi connectivity index (χ0v) is 12.1. The van der Waals surface area contributed by atoms with Crippen LogP contribution in [-0.2, 0) is 13.1 Å². The molecule has 0 bridgehead atoms. The van der Waals surface area contributed by atoms with E-state index in [1.807, 2.05) is 24.5 Å². The van der Waals surface area contributed by atoms with Gasteiger partial charge in [0.2, 0.25) is 0 Å². The van der Waals surface area contributed by atoms with E-state index in [1.54, 1.807) is 22.2 Å². The van der Waals surface area contributed by atoms with Crippen molar-refractivity contribution in [2.45, 2.75) is 20.0 Å². The number of pyridine rings is 1. The molecule has 3 aromatic heterocycles. The van der Waals surface area contributed by atoms with Crippen molar-refractivity contribution < 1.29 is 0 Å². The van der Waals surface area contributed by atoms with Gasteiger partial charge in [0.05, 0.1) is 0 Å². The Bertz CT molecular complexity index is 673. The van der Waals surface area contributed by atoms with E-state index < -0.39 is 0 Å². The highest BCUT2D eigenvalue weighted by molar-refractivity contribution is 7.10. The zero-order chi connectivity index (χ0) is 13.8. The van der Waals surface area contributed by atoms with Crippen LogP contribution in [0.3, 0.4) is 0 Å². The summed E-state index contributed by atoms with van der Waals surface area (Å²) >= 11 is 1.80. The fraction of sp³-hybridized carbons (Fsp3) is 0.200. The standard InChI is InChI=1S/C15H16N4S/c1-12-4-8-20-14(12)11-16-10-13-3-6-17-15(9-13)19-7-2-5-18-19/h2-9,16H,10-11H2,1H3. The van der Waals surface area contributed by atoms with Gasteiger partial charge in [0.25, 0.3) is 0 Å². The minimum atomic E-state index is 0.828. The van der Waals surface area contributed by atoms with Crippen LogP contribution < -0.4 is 5.32 Å². The second kappa shape index (κ2) is 5.98. The van der Waals surface area contributed by atoms with Crippen LogP contribution in [0.4, 0.5) is 0 Å². The molecular formula is C15H16N4S. The number of thiophene rings is 1. The molecule has 4 nitrogen and oxygen atoms in total. The number of nitrogens with one attached hydrogen (secondary N) is 1. The molecule has 0 aromatic carbocycles. The molecule has 20 heavy (non-hydrogen) atoms. The molecule has 0 saturated carbocycles. The fourth-order valence-electron chi connectivity index (χ4n) is 2.01. The van der Waals surface area contributed by atoms with Gasteiger partial charge in [-0.05, 0) is 47.7 Å². The minimum absolute atomic E-state index is 0.828. The van der Waals surface area contributed by atoms with Crippen LogP contribution in [0.5, 0.6) is 0 Å². The summed E-state index contributed by atoms with van der Waals surface area (Å²) in [7, 11) is 0. The van der Waals surface area contributed by atoms with Crippen molar-refractivity contribution >= 4 is 11.3 Å².